The Kier molecular flexibility index (Phi) is 16.5. The molecule has 6 aliphatic carbocycles. The van der Waals surface area contributed by atoms with Gasteiger partial charge >= 0.3 is 0 Å². The van der Waals surface area contributed by atoms with Gasteiger partial charge in [0.05, 0.1) is 29.5 Å². The fourth-order valence-electron chi connectivity index (χ4n) is 13.3. The molecule has 0 radical (unpaired) electrons. The predicted octanol–water partition coefficient (Wildman–Crippen LogP) is 12.4. The highest BCUT2D eigenvalue weighted by atomic mass is 16.3. The summed E-state index contributed by atoms with van der Waals surface area (Å²) in [6.07, 6.45) is 31.0. The Morgan fingerprint density at radius 3 is 1.51 bits per heavy atom. The van der Waals surface area contributed by atoms with Gasteiger partial charge in [0.15, 0.2) is 0 Å². The average Bonchev–Trinajstić information content (AvgIpc) is 3.71. The lowest BCUT2D eigenvalue weighted by molar-refractivity contribution is -0.0554. The minimum atomic E-state index is -1.02. The Bertz CT molecular complexity index is 1560. The summed E-state index contributed by atoms with van der Waals surface area (Å²) in [6, 6.07) is 0. The molecule has 6 saturated carbocycles. The zero-order valence-electron chi connectivity index (χ0n) is 39.0. The zero-order chi connectivity index (χ0) is 43.3. The van der Waals surface area contributed by atoms with E-state index in [2.05, 4.69) is 65.2 Å². The second kappa shape index (κ2) is 20.2. The van der Waals surface area contributed by atoms with Crippen molar-refractivity contribution >= 4 is 0 Å². The maximum Gasteiger partial charge on any atom is 0.0849 e. The minimum Gasteiger partial charge on any atom is -0.393 e. The van der Waals surface area contributed by atoms with Crippen LogP contribution in [0, 0.1) is 46.3 Å². The maximum atomic E-state index is 10.3. The first-order valence-corrected chi connectivity index (χ1v) is 24.3. The molecule has 0 bridgehead atoms. The third-order valence-electron chi connectivity index (χ3n) is 17.0. The highest BCUT2D eigenvalue weighted by Gasteiger charge is 2.52. The summed E-state index contributed by atoms with van der Waals surface area (Å²) in [5, 5.41) is 50.4. The van der Waals surface area contributed by atoms with Gasteiger partial charge in [0.1, 0.15) is 0 Å². The van der Waals surface area contributed by atoms with Crippen LogP contribution in [-0.2, 0) is 0 Å². The highest BCUT2D eigenvalue weighted by molar-refractivity contribution is 5.37. The molecule has 59 heavy (non-hydrogen) atoms. The Balaban J connectivity index is 0.000000224. The molecule has 0 unspecified atom stereocenters. The van der Waals surface area contributed by atoms with Gasteiger partial charge in [-0.15, -0.1) is 0 Å². The number of allylic oxidation sites excluding steroid dienone is 8. The molecule has 0 spiro atoms. The second-order valence-corrected chi connectivity index (χ2v) is 22.5. The van der Waals surface area contributed by atoms with Crippen molar-refractivity contribution in [1.29, 1.82) is 0 Å². The van der Waals surface area contributed by atoms with Crippen molar-refractivity contribution in [2.75, 3.05) is 0 Å². The van der Waals surface area contributed by atoms with Crippen LogP contribution < -0.4 is 0 Å². The van der Waals surface area contributed by atoms with Gasteiger partial charge in [-0.25, -0.2) is 0 Å². The Hall–Kier alpha value is -1.76. The van der Waals surface area contributed by atoms with E-state index in [1.54, 1.807) is 25.0 Å². The van der Waals surface area contributed by atoms with Gasteiger partial charge in [-0.1, -0.05) is 100 Å². The van der Waals surface area contributed by atoms with E-state index in [1.807, 2.05) is 13.8 Å². The first kappa shape index (κ1) is 48.3. The van der Waals surface area contributed by atoms with Crippen LogP contribution >= 0.6 is 0 Å². The molecule has 0 amide bonds. The summed E-state index contributed by atoms with van der Waals surface area (Å²) in [6.45, 7) is 25.6. The van der Waals surface area contributed by atoms with E-state index >= 15 is 0 Å². The summed E-state index contributed by atoms with van der Waals surface area (Å²) >= 11 is 0. The van der Waals surface area contributed by atoms with Crippen molar-refractivity contribution in [3.05, 3.63) is 70.9 Å². The molecule has 5 nitrogen and oxygen atoms in total. The molecular formula is C54H88O5. The molecule has 11 atom stereocenters. The molecule has 0 aliphatic heterocycles. The lowest BCUT2D eigenvalue weighted by Gasteiger charge is -2.44. The van der Waals surface area contributed by atoms with Crippen LogP contribution in [0.1, 0.15) is 190 Å². The van der Waals surface area contributed by atoms with Gasteiger partial charge in [0.2, 0.25) is 0 Å². The van der Waals surface area contributed by atoms with E-state index in [-0.39, 0.29) is 12.2 Å². The molecule has 5 N–H and O–H groups in total. The lowest BCUT2D eigenvalue weighted by Crippen LogP contribution is -2.38. The summed E-state index contributed by atoms with van der Waals surface area (Å²) < 4.78 is 0. The third kappa shape index (κ3) is 12.2. The predicted molar refractivity (Wildman–Crippen MR) is 247 cm³/mol. The molecule has 0 aromatic rings. The highest BCUT2D eigenvalue weighted by Crippen LogP contribution is 2.61. The first-order chi connectivity index (χ1) is 27.6. The van der Waals surface area contributed by atoms with E-state index in [0.29, 0.717) is 35.0 Å². The van der Waals surface area contributed by atoms with Gasteiger partial charge in [-0.3, -0.25) is 0 Å². The van der Waals surface area contributed by atoms with E-state index in [0.717, 1.165) is 75.5 Å². The topological polar surface area (TPSA) is 101 Å². The number of fused-ring (bicyclic) bond motifs is 2. The second-order valence-electron chi connectivity index (χ2n) is 22.5. The molecule has 6 fully saturated rings. The van der Waals surface area contributed by atoms with Crippen LogP contribution in [0.3, 0.4) is 0 Å². The molecule has 0 aromatic heterocycles. The summed E-state index contributed by atoms with van der Waals surface area (Å²) in [5.41, 5.74) is 7.36. The Labute approximate surface area is 361 Å². The van der Waals surface area contributed by atoms with Crippen molar-refractivity contribution in [2.24, 2.45) is 46.3 Å². The molecule has 5 heteroatoms. The third-order valence-corrected chi connectivity index (χ3v) is 17.0. The van der Waals surface area contributed by atoms with Crippen molar-refractivity contribution in [1.82, 2.24) is 0 Å². The smallest absolute Gasteiger partial charge is 0.0849 e. The summed E-state index contributed by atoms with van der Waals surface area (Å²) in [5.74, 6) is 4.14. The van der Waals surface area contributed by atoms with Gasteiger partial charge in [0.25, 0.3) is 0 Å². The quantitative estimate of drug-likeness (QED) is 0.135. The van der Waals surface area contributed by atoms with Crippen LogP contribution in [0.25, 0.3) is 0 Å². The lowest BCUT2D eigenvalue weighted by atomic mass is 9.60. The van der Waals surface area contributed by atoms with Gasteiger partial charge in [-0.2, -0.15) is 0 Å². The number of hydrogen-bond donors (Lipinski definition) is 5. The number of hydrogen-bond acceptors (Lipinski definition) is 5. The molecule has 0 aromatic carbocycles. The first-order valence-electron chi connectivity index (χ1n) is 24.3. The van der Waals surface area contributed by atoms with E-state index < -0.39 is 17.3 Å². The molecule has 0 saturated heterocycles. The Morgan fingerprint density at radius 1 is 0.644 bits per heavy atom. The largest absolute Gasteiger partial charge is 0.393 e. The number of rotatable bonds is 12. The monoisotopic (exact) mass is 817 g/mol. The van der Waals surface area contributed by atoms with E-state index in [4.69, 9.17) is 0 Å². The van der Waals surface area contributed by atoms with Crippen molar-refractivity contribution in [3.8, 4) is 0 Å². The fraction of sp³-hybridized carbons (Fsp3) is 0.778. The van der Waals surface area contributed by atoms with Crippen LogP contribution in [-0.4, -0.2) is 55.0 Å². The van der Waals surface area contributed by atoms with E-state index in [9.17, 15) is 25.5 Å². The van der Waals surface area contributed by atoms with Crippen molar-refractivity contribution in [3.63, 3.8) is 0 Å². The van der Waals surface area contributed by atoms with Crippen LogP contribution in [0.5, 0.6) is 0 Å². The molecule has 0 heterocycles. The van der Waals surface area contributed by atoms with Gasteiger partial charge in [-0.05, 0) is 207 Å². The van der Waals surface area contributed by atoms with Crippen LogP contribution in [0.2, 0.25) is 0 Å². The molecule has 6 aliphatic rings. The zero-order valence-corrected chi connectivity index (χ0v) is 39.0. The summed E-state index contributed by atoms with van der Waals surface area (Å²) in [7, 11) is 0. The molecule has 334 valence electrons. The normalized spacial score (nSPS) is 37.3. The van der Waals surface area contributed by atoms with E-state index in [1.165, 1.54) is 92.9 Å². The standard InChI is InChI=1S/C27H44O3.C27H44O2/c1-18-8-12-22(28)17-21(18)11-10-20-7-6-16-27(5)23(13-14-24(20)27)19(2)9-15-25(29)26(3,4)30;1-19-10-13-23(28)18-22(19)12-11-21-9-7-17-27(5)24(14-15-25(21)27)20(2)8-6-16-26(3,4)29/h10-11,19,22-25,28-30H,1,6-9,12-17H2,2-5H3;11-12,20,23-25,28-29H,1,6-10,13-18H2,2-5H3/b20-10+,21-11+;21-11+,22-12+/t19-,22+,23-,24+,25-,27-;20-,23+,24-,25+,27-/m11/s1. The number of aliphatic hydroxyl groups excluding tert-OH is 3. The van der Waals surface area contributed by atoms with Crippen LogP contribution in [0.15, 0.2) is 70.9 Å². The Morgan fingerprint density at radius 2 is 1.08 bits per heavy atom. The van der Waals surface area contributed by atoms with Gasteiger partial charge in [0, 0.05) is 0 Å². The van der Waals surface area contributed by atoms with Crippen LogP contribution in [0.4, 0.5) is 0 Å². The number of aliphatic hydroxyl groups is 5. The SMILES string of the molecule is C=C1CC[C@H](O)C/C1=C\C=C1/CCC[C@]2(C)[C@@H]([C@H](C)CCCC(C)(C)O)CC[C@@H]12.C=C1CC[C@H](O)C/C1=C\C=C1/CCC[C@]2(C)[C@@H]([C@H](C)CC[C@@H](O)C(C)(C)O)CC[C@@H]12. The fourth-order valence-corrected chi connectivity index (χ4v) is 13.3. The average molecular weight is 817 g/mol. The minimum absolute atomic E-state index is 0.192. The maximum absolute atomic E-state index is 10.3. The summed E-state index contributed by atoms with van der Waals surface area (Å²) in [4.78, 5) is 0. The van der Waals surface area contributed by atoms with Gasteiger partial charge < -0.3 is 25.5 Å². The van der Waals surface area contributed by atoms with Crippen molar-refractivity contribution in [2.45, 2.75) is 220 Å². The molecule has 6 rings (SSSR count). The van der Waals surface area contributed by atoms with Crippen molar-refractivity contribution < 1.29 is 25.5 Å². The molecular weight excluding hydrogens is 729 g/mol.